The van der Waals surface area contributed by atoms with Gasteiger partial charge >= 0.3 is 0 Å². The Morgan fingerprint density at radius 3 is 2.55 bits per heavy atom. The minimum atomic E-state index is 0.846. The Bertz CT molecular complexity index is 244. The molecule has 0 amide bonds. The molecule has 58 valence electrons. The maximum Gasteiger partial charge on any atom is 0.0959 e. The molecule has 1 aromatic heterocycles. The van der Waals surface area contributed by atoms with E-state index in [0.29, 0.717) is 0 Å². The summed E-state index contributed by atoms with van der Waals surface area (Å²) < 4.78 is 0. The van der Waals surface area contributed by atoms with Crippen LogP contribution in [0.2, 0.25) is 0 Å². The molecule has 2 fully saturated rings. The van der Waals surface area contributed by atoms with E-state index in [1.54, 1.807) is 0 Å². The fourth-order valence-electron chi connectivity index (χ4n) is 1.39. The number of nitrogens with zero attached hydrogens (tertiary/aromatic N) is 1. The summed E-state index contributed by atoms with van der Waals surface area (Å²) in [5.41, 5.74) is 1.39. The topological polar surface area (TPSA) is 12.9 Å². The lowest BCUT2D eigenvalue weighted by Gasteiger charge is -1.86. The van der Waals surface area contributed by atoms with Gasteiger partial charge in [0.05, 0.1) is 10.7 Å². The summed E-state index contributed by atoms with van der Waals surface area (Å²) in [5.74, 6) is 1.70. The smallest absolute Gasteiger partial charge is 0.0959 e. The lowest BCUT2D eigenvalue weighted by molar-refractivity contribution is 0.988. The summed E-state index contributed by atoms with van der Waals surface area (Å²) in [6.07, 6.45) is 5.54. The molecule has 0 bridgehead atoms. The van der Waals surface area contributed by atoms with Gasteiger partial charge in [0.15, 0.2) is 0 Å². The average molecular weight is 165 g/mol. The molecule has 2 aliphatic rings. The molecule has 0 aromatic carbocycles. The van der Waals surface area contributed by atoms with E-state index >= 15 is 0 Å². The van der Waals surface area contributed by atoms with Crippen LogP contribution in [-0.4, -0.2) is 4.98 Å². The second kappa shape index (κ2) is 2.07. The van der Waals surface area contributed by atoms with Crippen molar-refractivity contribution in [3.63, 3.8) is 0 Å². The number of rotatable bonds is 2. The third kappa shape index (κ3) is 1.09. The Balaban J connectivity index is 1.88. The molecule has 1 heterocycles. The first kappa shape index (κ1) is 6.18. The first-order valence-corrected chi connectivity index (χ1v) is 5.27. The van der Waals surface area contributed by atoms with Gasteiger partial charge in [0.2, 0.25) is 0 Å². The van der Waals surface area contributed by atoms with E-state index in [2.05, 4.69) is 10.4 Å². The van der Waals surface area contributed by atoms with Gasteiger partial charge in [0.1, 0.15) is 0 Å². The molecule has 0 aliphatic heterocycles. The fourth-order valence-corrected chi connectivity index (χ4v) is 2.46. The van der Waals surface area contributed by atoms with Gasteiger partial charge in [0.25, 0.3) is 0 Å². The molecule has 0 saturated heterocycles. The normalized spacial score (nSPS) is 24.0. The first-order chi connectivity index (χ1) is 5.43. The molecule has 2 saturated carbocycles. The van der Waals surface area contributed by atoms with Gasteiger partial charge in [-0.2, -0.15) is 0 Å². The molecule has 1 aromatic rings. The first-order valence-electron chi connectivity index (χ1n) is 4.39. The molecule has 0 atom stereocenters. The quantitative estimate of drug-likeness (QED) is 0.656. The largest absolute Gasteiger partial charge is 0.246 e. The van der Waals surface area contributed by atoms with Crippen LogP contribution in [0.4, 0.5) is 0 Å². The fraction of sp³-hybridized carbons (Fsp3) is 0.667. The predicted octanol–water partition coefficient (Wildman–Crippen LogP) is 2.90. The Morgan fingerprint density at radius 1 is 1.18 bits per heavy atom. The van der Waals surface area contributed by atoms with Crippen LogP contribution in [0.3, 0.4) is 0 Å². The molecule has 2 heteroatoms. The Kier molecular flexibility index (Phi) is 1.16. The summed E-state index contributed by atoms with van der Waals surface area (Å²) in [6, 6.07) is 0. The van der Waals surface area contributed by atoms with Crippen LogP contribution in [0.1, 0.15) is 48.2 Å². The summed E-state index contributed by atoms with van der Waals surface area (Å²) in [7, 11) is 0. The monoisotopic (exact) mass is 165 g/mol. The van der Waals surface area contributed by atoms with Crippen LogP contribution < -0.4 is 0 Å². The van der Waals surface area contributed by atoms with Crippen molar-refractivity contribution in [2.24, 2.45) is 0 Å². The van der Waals surface area contributed by atoms with Crippen LogP contribution in [-0.2, 0) is 0 Å². The summed E-state index contributed by atoms with van der Waals surface area (Å²) in [5, 5.41) is 3.68. The number of hydrogen-bond acceptors (Lipinski definition) is 2. The maximum absolute atomic E-state index is 4.65. The van der Waals surface area contributed by atoms with Crippen molar-refractivity contribution in [2.45, 2.75) is 37.5 Å². The van der Waals surface area contributed by atoms with Gasteiger partial charge in [-0.3, -0.25) is 0 Å². The maximum atomic E-state index is 4.65. The van der Waals surface area contributed by atoms with Crippen molar-refractivity contribution in [3.8, 4) is 0 Å². The molecule has 11 heavy (non-hydrogen) atoms. The predicted molar refractivity (Wildman–Crippen MR) is 46.1 cm³/mol. The van der Waals surface area contributed by atoms with Crippen LogP contribution in [0.25, 0.3) is 0 Å². The molecule has 2 aliphatic carbocycles. The van der Waals surface area contributed by atoms with E-state index in [4.69, 9.17) is 0 Å². The van der Waals surface area contributed by atoms with Gasteiger partial charge in [-0.15, -0.1) is 11.3 Å². The highest BCUT2D eigenvalue weighted by atomic mass is 32.1. The third-order valence-electron chi connectivity index (χ3n) is 2.46. The highest BCUT2D eigenvalue weighted by molar-refractivity contribution is 7.09. The highest BCUT2D eigenvalue weighted by Gasteiger charge is 2.30. The lowest BCUT2D eigenvalue weighted by atomic mass is 10.3. The zero-order valence-electron chi connectivity index (χ0n) is 6.42. The molecule has 0 N–H and O–H groups in total. The van der Waals surface area contributed by atoms with E-state index in [0.717, 1.165) is 11.8 Å². The van der Waals surface area contributed by atoms with Crippen molar-refractivity contribution >= 4 is 11.3 Å². The number of thiazole rings is 1. The van der Waals surface area contributed by atoms with Gasteiger partial charge in [-0.25, -0.2) is 4.98 Å². The zero-order chi connectivity index (χ0) is 7.26. The van der Waals surface area contributed by atoms with Crippen molar-refractivity contribution in [3.05, 3.63) is 16.1 Å². The average Bonchev–Trinajstić information content (AvgIpc) is 2.90. The van der Waals surface area contributed by atoms with Gasteiger partial charge in [-0.1, -0.05) is 0 Å². The number of hydrogen-bond donors (Lipinski definition) is 0. The summed E-state index contributed by atoms with van der Waals surface area (Å²) in [4.78, 5) is 4.65. The highest BCUT2D eigenvalue weighted by Crippen LogP contribution is 2.45. The van der Waals surface area contributed by atoms with E-state index in [1.165, 1.54) is 36.4 Å². The number of aromatic nitrogens is 1. The molecule has 0 unspecified atom stereocenters. The van der Waals surface area contributed by atoms with Crippen LogP contribution in [0, 0.1) is 0 Å². The van der Waals surface area contributed by atoms with Crippen molar-refractivity contribution in [2.75, 3.05) is 0 Å². The van der Waals surface area contributed by atoms with E-state index in [-0.39, 0.29) is 0 Å². The van der Waals surface area contributed by atoms with Gasteiger partial charge in [0, 0.05) is 17.2 Å². The van der Waals surface area contributed by atoms with Crippen molar-refractivity contribution in [1.82, 2.24) is 4.98 Å². The van der Waals surface area contributed by atoms with Gasteiger partial charge in [-0.05, 0) is 25.7 Å². The molecular weight excluding hydrogens is 154 g/mol. The zero-order valence-corrected chi connectivity index (χ0v) is 7.23. The molecule has 1 nitrogen and oxygen atoms in total. The molecule has 3 rings (SSSR count). The van der Waals surface area contributed by atoms with E-state index in [1.807, 2.05) is 11.3 Å². The Morgan fingerprint density at radius 2 is 1.91 bits per heavy atom. The Labute approximate surface area is 70.5 Å². The van der Waals surface area contributed by atoms with Crippen LogP contribution in [0.15, 0.2) is 5.38 Å². The molecular formula is C9H11NS. The minimum Gasteiger partial charge on any atom is -0.246 e. The Hall–Kier alpha value is -0.370. The third-order valence-corrected chi connectivity index (χ3v) is 3.49. The van der Waals surface area contributed by atoms with Crippen molar-refractivity contribution < 1.29 is 0 Å². The van der Waals surface area contributed by atoms with E-state index < -0.39 is 0 Å². The SMILES string of the molecule is c1sc(C2CC2)nc1C1CC1. The second-order valence-corrected chi connectivity index (χ2v) is 4.55. The van der Waals surface area contributed by atoms with Gasteiger partial charge < -0.3 is 0 Å². The second-order valence-electron chi connectivity index (χ2n) is 3.66. The van der Waals surface area contributed by atoms with Crippen LogP contribution in [0.5, 0.6) is 0 Å². The van der Waals surface area contributed by atoms with E-state index in [9.17, 15) is 0 Å². The minimum absolute atomic E-state index is 0.846. The molecule has 0 spiro atoms. The summed E-state index contributed by atoms with van der Waals surface area (Å²) >= 11 is 1.88. The summed E-state index contributed by atoms with van der Waals surface area (Å²) in [6.45, 7) is 0. The molecule has 0 radical (unpaired) electrons. The lowest BCUT2D eigenvalue weighted by Crippen LogP contribution is -1.80. The standard InChI is InChI=1S/C9H11NS/c1-2-6(1)8-5-11-9(10-8)7-3-4-7/h5-7H,1-4H2. The van der Waals surface area contributed by atoms with Crippen molar-refractivity contribution in [1.29, 1.82) is 0 Å². The van der Waals surface area contributed by atoms with Crippen LogP contribution >= 0.6 is 11.3 Å².